The predicted molar refractivity (Wildman–Crippen MR) is 75.5 cm³/mol. The van der Waals surface area contributed by atoms with Crippen molar-refractivity contribution in [2.75, 3.05) is 7.11 Å². The third-order valence-electron chi connectivity index (χ3n) is 4.75. The predicted octanol–water partition coefficient (Wildman–Crippen LogP) is 1.37. The minimum absolute atomic E-state index is 0.104. The maximum absolute atomic E-state index is 12.8. The lowest BCUT2D eigenvalue weighted by Gasteiger charge is -2.33. The quantitative estimate of drug-likeness (QED) is 0.772. The van der Waals surface area contributed by atoms with E-state index in [0.717, 1.165) is 25.7 Å². The SMILES string of the molecule is COC(=O)C1CC2CCCCC2N1C(=O)c1cnn(C)c1. The maximum atomic E-state index is 12.8. The van der Waals surface area contributed by atoms with Gasteiger partial charge in [0.1, 0.15) is 6.04 Å². The number of carbonyl (C=O) groups excluding carboxylic acids is 2. The Kier molecular flexibility index (Phi) is 3.69. The van der Waals surface area contributed by atoms with Gasteiger partial charge in [-0.3, -0.25) is 9.48 Å². The first-order valence-corrected chi connectivity index (χ1v) is 7.51. The number of aryl methyl sites for hydroxylation is 1. The fraction of sp³-hybridized carbons (Fsp3) is 0.667. The first-order valence-electron chi connectivity index (χ1n) is 7.51. The number of hydrogen-bond donors (Lipinski definition) is 0. The molecule has 1 aromatic heterocycles. The summed E-state index contributed by atoms with van der Waals surface area (Å²) >= 11 is 0. The van der Waals surface area contributed by atoms with Crippen LogP contribution in [0.1, 0.15) is 42.5 Å². The standard InChI is InChI=1S/C15H21N3O3/c1-17-9-11(8-16-17)14(19)18-12-6-4-3-5-10(12)7-13(18)15(20)21-2/h8-10,12-13H,3-7H2,1-2H3. The van der Waals surface area contributed by atoms with Gasteiger partial charge in [0.05, 0.1) is 18.9 Å². The smallest absolute Gasteiger partial charge is 0.328 e. The van der Waals surface area contributed by atoms with Gasteiger partial charge in [-0.1, -0.05) is 12.8 Å². The molecule has 6 heteroatoms. The average molecular weight is 291 g/mol. The van der Waals surface area contributed by atoms with Crippen LogP contribution in [0.5, 0.6) is 0 Å². The summed E-state index contributed by atoms with van der Waals surface area (Å²) < 4.78 is 6.51. The van der Waals surface area contributed by atoms with Crippen molar-refractivity contribution in [3.63, 3.8) is 0 Å². The zero-order valence-corrected chi connectivity index (χ0v) is 12.5. The molecule has 0 spiro atoms. The number of aromatic nitrogens is 2. The summed E-state index contributed by atoms with van der Waals surface area (Å²) in [6, 6.07) is -0.286. The van der Waals surface area contributed by atoms with Crippen molar-refractivity contribution >= 4 is 11.9 Å². The molecule has 1 aliphatic heterocycles. The van der Waals surface area contributed by atoms with Crippen LogP contribution in [0.3, 0.4) is 0 Å². The highest BCUT2D eigenvalue weighted by Gasteiger charge is 2.48. The number of nitrogens with zero attached hydrogens (tertiary/aromatic N) is 3. The highest BCUT2D eigenvalue weighted by Crippen LogP contribution is 2.40. The number of ether oxygens (including phenoxy) is 1. The number of hydrogen-bond acceptors (Lipinski definition) is 4. The van der Waals surface area contributed by atoms with Gasteiger partial charge in [0.15, 0.2) is 0 Å². The summed E-state index contributed by atoms with van der Waals surface area (Å²) in [5.41, 5.74) is 0.539. The molecule has 1 aromatic rings. The normalized spacial score (nSPS) is 28.3. The minimum Gasteiger partial charge on any atom is -0.467 e. The van der Waals surface area contributed by atoms with Crippen molar-refractivity contribution in [3.8, 4) is 0 Å². The van der Waals surface area contributed by atoms with Crippen LogP contribution >= 0.6 is 0 Å². The van der Waals surface area contributed by atoms with Gasteiger partial charge in [0.25, 0.3) is 5.91 Å². The van der Waals surface area contributed by atoms with Crippen molar-refractivity contribution < 1.29 is 14.3 Å². The Morgan fingerprint density at radius 1 is 1.33 bits per heavy atom. The van der Waals surface area contributed by atoms with E-state index in [9.17, 15) is 9.59 Å². The molecule has 3 atom stereocenters. The maximum Gasteiger partial charge on any atom is 0.328 e. The van der Waals surface area contributed by atoms with Crippen LogP contribution in [-0.4, -0.2) is 45.8 Å². The number of esters is 1. The number of rotatable bonds is 2. The Morgan fingerprint density at radius 3 is 2.76 bits per heavy atom. The zero-order chi connectivity index (χ0) is 15.0. The molecule has 0 bridgehead atoms. The van der Waals surface area contributed by atoms with E-state index < -0.39 is 6.04 Å². The van der Waals surface area contributed by atoms with E-state index in [1.165, 1.54) is 13.5 Å². The van der Waals surface area contributed by atoms with Gasteiger partial charge < -0.3 is 9.64 Å². The molecule has 2 heterocycles. The summed E-state index contributed by atoms with van der Waals surface area (Å²) in [5.74, 6) is 0.0120. The number of fused-ring (bicyclic) bond motifs is 1. The van der Waals surface area contributed by atoms with Gasteiger partial charge in [0.2, 0.25) is 0 Å². The average Bonchev–Trinajstić information content (AvgIpc) is 3.09. The van der Waals surface area contributed by atoms with Gasteiger partial charge >= 0.3 is 5.97 Å². The third kappa shape index (κ3) is 2.43. The number of likely N-dealkylation sites (tertiary alicyclic amines) is 1. The van der Waals surface area contributed by atoms with Crippen molar-refractivity contribution in [1.82, 2.24) is 14.7 Å². The number of amides is 1. The van der Waals surface area contributed by atoms with Gasteiger partial charge in [-0.2, -0.15) is 5.10 Å². The van der Waals surface area contributed by atoms with Crippen LogP contribution in [0.15, 0.2) is 12.4 Å². The van der Waals surface area contributed by atoms with Crippen LogP contribution < -0.4 is 0 Å². The molecule has 6 nitrogen and oxygen atoms in total. The topological polar surface area (TPSA) is 64.4 Å². The first-order chi connectivity index (χ1) is 10.1. The molecule has 0 N–H and O–H groups in total. The third-order valence-corrected chi connectivity index (χ3v) is 4.75. The number of methoxy groups -OCH3 is 1. The monoisotopic (exact) mass is 291 g/mol. The Bertz CT molecular complexity index is 554. The van der Waals surface area contributed by atoms with Crippen LogP contribution in [0, 0.1) is 5.92 Å². The van der Waals surface area contributed by atoms with Crippen LogP contribution in [0.4, 0.5) is 0 Å². The highest BCUT2D eigenvalue weighted by molar-refractivity contribution is 5.97. The Labute approximate surface area is 124 Å². The molecule has 114 valence electrons. The molecule has 1 amide bonds. The lowest BCUT2D eigenvalue weighted by atomic mass is 9.84. The van der Waals surface area contributed by atoms with Crippen molar-refractivity contribution in [3.05, 3.63) is 18.0 Å². The molecule has 2 aliphatic rings. The minimum atomic E-state index is -0.448. The molecular weight excluding hydrogens is 270 g/mol. The summed E-state index contributed by atoms with van der Waals surface area (Å²) in [7, 11) is 3.17. The fourth-order valence-corrected chi connectivity index (χ4v) is 3.78. The Hall–Kier alpha value is -1.85. The second kappa shape index (κ2) is 5.50. The molecule has 2 fully saturated rings. The van der Waals surface area contributed by atoms with E-state index in [-0.39, 0.29) is 17.9 Å². The van der Waals surface area contributed by atoms with Crippen molar-refractivity contribution in [2.24, 2.45) is 13.0 Å². The molecule has 0 radical (unpaired) electrons. The van der Waals surface area contributed by atoms with E-state index in [1.54, 1.807) is 29.0 Å². The lowest BCUT2D eigenvalue weighted by molar-refractivity contribution is -0.145. The van der Waals surface area contributed by atoms with Crippen molar-refractivity contribution in [2.45, 2.75) is 44.2 Å². The lowest BCUT2D eigenvalue weighted by Crippen LogP contribution is -2.46. The molecule has 21 heavy (non-hydrogen) atoms. The van der Waals surface area contributed by atoms with Crippen molar-refractivity contribution in [1.29, 1.82) is 0 Å². The molecule has 3 unspecified atom stereocenters. The second-order valence-corrected chi connectivity index (χ2v) is 6.00. The van der Waals surface area contributed by atoms with Gasteiger partial charge in [-0.05, 0) is 25.2 Å². The van der Waals surface area contributed by atoms with Crippen LogP contribution in [0.2, 0.25) is 0 Å². The van der Waals surface area contributed by atoms with E-state index in [1.807, 2.05) is 0 Å². The van der Waals surface area contributed by atoms with Gasteiger partial charge in [0, 0.05) is 19.3 Å². The van der Waals surface area contributed by atoms with Gasteiger partial charge in [-0.25, -0.2) is 4.79 Å². The second-order valence-electron chi connectivity index (χ2n) is 6.00. The molecule has 3 rings (SSSR count). The highest BCUT2D eigenvalue weighted by atomic mass is 16.5. The van der Waals surface area contributed by atoms with E-state index >= 15 is 0 Å². The van der Waals surface area contributed by atoms with E-state index in [4.69, 9.17) is 4.74 Å². The molecule has 1 aliphatic carbocycles. The van der Waals surface area contributed by atoms with Crippen LogP contribution in [0.25, 0.3) is 0 Å². The Morgan fingerprint density at radius 2 is 2.10 bits per heavy atom. The molecular formula is C15H21N3O3. The largest absolute Gasteiger partial charge is 0.467 e. The fourth-order valence-electron chi connectivity index (χ4n) is 3.78. The first kappa shape index (κ1) is 14.1. The van der Waals surface area contributed by atoms with Crippen LogP contribution in [-0.2, 0) is 16.6 Å². The molecule has 1 saturated heterocycles. The summed E-state index contributed by atoms with van der Waals surface area (Å²) in [4.78, 5) is 26.6. The van der Waals surface area contributed by atoms with E-state index in [0.29, 0.717) is 11.5 Å². The number of carbonyl (C=O) groups is 2. The Balaban J connectivity index is 1.90. The zero-order valence-electron chi connectivity index (χ0n) is 12.5. The summed E-state index contributed by atoms with van der Waals surface area (Å²) in [6.45, 7) is 0. The molecule has 1 saturated carbocycles. The van der Waals surface area contributed by atoms with Gasteiger partial charge in [-0.15, -0.1) is 0 Å². The summed E-state index contributed by atoms with van der Waals surface area (Å²) in [6.07, 6.45) is 8.36. The van der Waals surface area contributed by atoms with E-state index in [2.05, 4.69) is 5.10 Å². The molecule has 0 aromatic carbocycles. The summed E-state index contributed by atoms with van der Waals surface area (Å²) in [5, 5.41) is 4.06.